The summed E-state index contributed by atoms with van der Waals surface area (Å²) in [5.74, 6) is 0.493. The summed E-state index contributed by atoms with van der Waals surface area (Å²) in [5.41, 5.74) is 7.39. The van der Waals surface area contributed by atoms with Crippen molar-refractivity contribution in [2.45, 2.75) is 6.54 Å². The van der Waals surface area contributed by atoms with Crippen LogP contribution in [0.25, 0.3) is 5.69 Å². The summed E-state index contributed by atoms with van der Waals surface area (Å²) in [6, 6.07) is 15.3. The maximum Gasteiger partial charge on any atom is 0.341 e. The van der Waals surface area contributed by atoms with Crippen molar-refractivity contribution in [3.05, 3.63) is 65.4 Å². The first-order valence-electron chi connectivity index (χ1n) is 6.40. The zero-order valence-electron chi connectivity index (χ0n) is 11.1. The van der Waals surface area contributed by atoms with E-state index >= 15 is 0 Å². The van der Waals surface area contributed by atoms with E-state index < -0.39 is 0 Å². The van der Waals surface area contributed by atoms with Gasteiger partial charge >= 0.3 is 6.01 Å². The molecule has 0 saturated carbocycles. The Morgan fingerprint density at radius 3 is 2.67 bits per heavy atom. The zero-order valence-corrected chi connectivity index (χ0v) is 11.9. The monoisotopic (exact) mass is 300 g/mol. The average molecular weight is 301 g/mol. The van der Waals surface area contributed by atoms with E-state index in [4.69, 9.17) is 22.1 Å². The lowest BCUT2D eigenvalue weighted by molar-refractivity contribution is 0.436. The van der Waals surface area contributed by atoms with Gasteiger partial charge < -0.3 is 10.5 Å². The molecule has 0 unspecified atom stereocenters. The Labute approximate surface area is 126 Å². The van der Waals surface area contributed by atoms with Crippen LogP contribution in [0.15, 0.2) is 54.9 Å². The van der Waals surface area contributed by atoms with Gasteiger partial charge in [-0.25, -0.2) is 4.68 Å². The maximum atomic E-state index is 6.14. The Kier molecular flexibility index (Phi) is 3.85. The summed E-state index contributed by atoms with van der Waals surface area (Å²) in [7, 11) is 0. The lowest BCUT2D eigenvalue weighted by Crippen LogP contribution is -2.01. The molecule has 0 radical (unpaired) electrons. The van der Waals surface area contributed by atoms with E-state index in [1.54, 1.807) is 17.1 Å². The molecule has 0 atom stereocenters. The van der Waals surface area contributed by atoms with E-state index in [0.717, 1.165) is 11.3 Å². The Morgan fingerprint density at radius 2 is 1.90 bits per heavy atom. The van der Waals surface area contributed by atoms with E-state index in [1.165, 1.54) is 0 Å². The fourth-order valence-corrected chi connectivity index (χ4v) is 2.15. The van der Waals surface area contributed by atoms with Crippen LogP contribution in [0.3, 0.4) is 0 Å². The quantitative estimate of drug-likeness (QED) is 0.803. The molecule has 0 aliphatic rings. The van der Waals surface area contributed by atoms with E-state index in [1.807, 2.05) is 42.5 Å². The van der Waals surface area contributed by atoms with Crippen molar-refractivity contribution >= 4 is 11.6 Å². The largest absolute Gasteiger partial charge is 0.421 e. The number of ether oxygens (including phenoxy) is 1. The molecule has 1 heterocycles. The Morgan fingerprint density at radius 1 is 1.10 bits per heavy atom. The molecule has 0 aliphatic heterocycles. The Hall–Kier alpha value is -2.37. The highest BCUT2D eigenvalue weighted by Gasteiger charge is 2.11. The summed E-state index contributed by atoms with van der Waals surface area (Å²) in [6.07, 6.45) is 1.59. The van der Waals surface area contributed by atoms with Crippen LogP contribution in [0.5, 0.6) is 11.8 Å². The number of rotatable bonds is 4. The summed E-state index contributed by atoms with van der Waals surface area (Å²) >= 11 is 6.14. The zero-order chi connectivity index (χ0) is 14.7. The van der Waals surface area contributed by atoms with Gasteiger partial charge in [-0.15, -0.1) is 5.10 Å². The van der Waals surface area contributed by atoms with E-state index in [0.29, 0.717) is 17.3 Å². The van der Waals surface area contributed by atoms with E-state index in [-0.39, 0.29) is 6.01 Å². The second-order valence-electron chi connectivity index (χ2n) is 4.34. The second kappa shape index (κ2) is 5.95. The molecule has 0 spiro atoms. The Bertz CT molecular complexity index is 742. The average Bonchev–Trinajstić information content (AvgIpc) is 2.99. The first-order chi connectivity index (χ1) is 10.3. The van der Waals surface area contributed by atoms with Gasteiger partial charge in [-0.2, -0.15) is 4.98 Å². The fraction of sp³-hybridized carbons (Fsp3) is 0.0667. The Balaban J connectivity index is 1.89. The SMILES string of the molecule is NCc1cccc(Cl)c1Oc1ncn(-c2ccccc2)n1. The van der Waals surface area contributed by atoms with Crippen LogP contribution in [0, 0.1) is 0 Å². The van der Waals surface area contributed by atoms with Crippen LogP contribution < -0.4 is 10.5 Å². The third kappa shape index (κ3) is 2.89. The predicted octanol–water partition coefficient (Wildman–Crippen LogP) is 3.17. The minimum atomic E-state index is 0.224. The molecule has 0 saturated heterocycles. The molecule has 2 N–H and O–H groups in total. The van der Waals surface area contributed by atoms with Crippen LogP contribution in [0.1, 0.15) is 5.56 Å². The minimum absolute atomic E-state index is 0.224. The highest BCUT2D eigenvalue weighted by Crippen LogP contribution is 2.31. The molecular formula is C15H13ClN4O. The summed E-state index contributed by atoms with van der Waals surface area (Å²) < 4.78 is 7.31. The molecule has 1 aromatic heterocycles. The number of nitrogens with zero attached hydrogens (tertiary/aromatic N) is 3. The van der Waals surface area contributed by atoms with Gasteiger partial charge in [-0.1, -0.05) is 41.9 Å². The predicted molar refractivity (Wildman–Crippen MR) is 80.8 cm³/mol. The number of hydrogen-bond acceptors (Lipinski definition) is 4. The van der Waals surface area contributed by atoms with Crippen LogP contribution in [0.2, 0.25) is 5.02 Å². The first kappa shape index (κ1) is 13.6. The van der Waals surface area contributed by atoms with Gasteiger partial charge in [0.1, 0.15) is 6.33 Å². The number of halogens is 1. The van der Waals surface area contributed by atoms with E-state index in [9.17, 15) is 0 Å². The molecular weight excluding hydrogens is 288 g/mol. The minimum Gasteiger partial charge on any atom is -0.421 e. The molecule has 0 amide bonds. The number of aromatic nitrogens is 3. The number of para-hydroxylation sites is 2. The first-order valence-corrected chi connectivity index (χ1v) is 6.78. The maximum absolute atomic E-state index is 6.14. The standard InChI is InChI=1S/C15H13ClN4O/c16-13-8-4-5-11(9-17)14(13)21-15-18-10-20(19-15)12-6-2-1-3-7-12/h1-8,10H,9,17H2. The summed E-state index contributed by atoms with van der Waals surface area (Å²) in [6.45, 7) is 0.329. The molecule has 3 aromatic rings. The molecule has 2 aromatic carbocycles. The van der Waals surface area contributed by atoms with Gasteiger partial charge in [0.2, 0.25) is 0 Å². The van der Waals surface area contributed by atoms with Crippen molar-refractivity contribution in [3.8, 4) is 17.4 Å². The van der Waals surface area contributed by atoms with Gasteiger partial charge in [-0.3, -0.25) is 0 Å². The van der Waals surface area contributed by atoms with Crippen molar-refractivity contribution < 1.29 is 4.74 Å². The van der Waals surface area contributed by atoms with Gasteiger partial charge in [0.25, 0.3) is 0 Å². The molecule has 0 aliphatic carbocycles. The third-order valence-electron chi connectivity index (χ3n) is 2.95. The van der Waals surface area contributed by atoms with Crippen LogP contribution in [0.4, 0.5) is 0 Å². The molecule has 3 rings (SSSR count). The number of benzene rings is 2. The van der Waals surface area contributed by atoms with Crippen LogP contribution in [-0.2, 0) is 6.54 Å². The molecule has 6 heteroatoms. The van der Waals surface area contributed by atoms with Crippen LogP contribution >= 0.6 is 11.6 Å². The number of nitrogens with two attached hydrogens (primary N) is 1. The second-order valence-corrected chi connectivity index (χ2v) is 4.75. The summed E-state index contributed by atoms with van der Waals surface area (Å²) in [4.78, 5) is 4.13. The van der Waals surface area contributed by atoms with Crippen molar-refractivity contribution in [3.63, 3.8) is 0 Å². The molecule has 21 heavy (non-hydrogen) atoms. The highest BCUT2D eigenvalue weighted by molar-refractivity contribution is 6.32. The lowest BCUT2D eigenvalue weighted by Gasteiger charge is -2.08. The van der Waals surface area contributed by atoms with Crippen molar-refractivity contribution in [2.24, 2.45) is 5.73 Å². The molecule has 5 nitrogen and oxygen atoms in total. The smallest absolute Gasteiger partial charge is 0.341 e. The molecule has 106 valence electrons. The third-order valence-corrected chi connectivity index (χ3v) is 3.25. The van der Waals surface area contributed by atoms with Gasteiger partial charge in [0, 0.05) is 12.1 Å². The summed E-state index contributed by atoms with van der Waals surface area (Å²) in [5, 5.41) is 4.76. The van der Waals surface area contributed by atoms with Crippen molar-refractivity contribution in [1.82, 2.24) is 14.8 Å². The van der Waals surface area contributed by atoms with Crippen molar-refractivity contribution in [1.29, 1.82) is 0 Å². The molecule has 0 bridgehead atoms. The van der Waals surface area contributed by atoms with E-state index in [2.05, 4.69) is 10.1 Å². The van der Waals surface area contributed by atoms with Gasteiger partial charge in [0.15, 0.2) is 5.75 Å². The van der Waals surface area contributed by atoms with Gasteiger partial charge in [-0.05, 0) is 18.2 Å². The van der Waals surface area contributed by atoms with Gasteiger partial charge in [0.05, 0.1) is 10.7 Å². The van der Waals surface area contributed by atoms with Crippen LogP contribution in [-0.4, -0.2) is 14.8 Å². The fourth-order valence-electron chi connectivity index (χ4n) is 1.92. The van der Waals surface area contributed by atoms with Crippen molar-refractivity contribution in [2.75, 3.05) is 0 Å². The highest BCUT2D eigenvalue weighted by atomic mass is 35.5. The number of hydrogen-bond donors (Lipinski definition) is 1. The topological polar surface area (TPSA) is 66.0 Å². The normalized spacial score (nSPS) is 10.6. The molecule has 0 fully saturated rings. The lowest BCUT2D eigenvalue weighted by atomic mass is 10.2.